The fourth-order valence-electron chi connectivity index (χ4n) is 2.25. The van der Waals surface area contributed by atoms with Gasteiger partial charge >= 0.3 is 11.4 Å². The van der Waals surface area contributed by atoms with E-state index in [1.807, 2.05) is 0 Å². The van der Waals surface area contributed by atoms with Gasteiger partial charge in [-0.25, -0.2) is 0 Å². The van der Waals surface area contributed by atoms with Crippen LogP contribution in [0.4, 0.5) is 22.7 Å². The molecule has 10 nitrogen and oxygen atoms in total. The lowest BCUT2D eigenvalue weighted by molar-refractivity contribution is -0.422. The van der Waals surface area contributed by atoms with Crippen LogP contribution in [-0.2, 0) is 0 Å². The van der Waals surface area contributed by atoms with E-state index in [0.717, 1.165) is 17.8 Å². The molecule has 0 atom stereocenters. The zero-order chi connectivity index (χ0) is 19.3. The minimum atomic E-state index is -0.875. The predicted octanol–water partition coefficient (Wildman–Crippen LogP) is 2.18. The Kier molecular flexibility index (Phi) is 5.81. The van der Waals surface area contributed by atoms with E-state index in [-0.39, 0.29) is 12.3 Å². The standard InChI is InChI=1S/C16H16N4O6/c1-18(8-9-21)13-5-2-11(3-6-13)16(22)17-12-4-7-14(19(23)24)15(10-12)20(25)26/h2-7,10,21H,8-9H2,1H3,(H,17,22). The SMILES string of the molecule is CN(CCO)c1ccc(C(=O)Nc2ccc([N+](=O)[O-])c([N+](=O)[O-])c2)cc1. The molecular weight excluding hydrogens is 344 g/mol. The molecule has 0 aliphatic carbocycles. The van der Waals surface area contributed by atoms with E-state index in [0.29, 0.717) is 12.1 Å². The molecule has 0 heterocycles. The highest BCUT2D eigenvalue weighted by molar-refractivity contribution is 6.04. The zero-order valence-electron chi connectivity index (χ0n) is 13.8. The number of nitrogens with one attached hydrogen (secondary N) is 1. The van der Waals surface area contributed by atoms with Crippen LogP contribution in [0.1, 0.15) is 10.4 Å². The van der Waals surface area contributed by atoms with Crippen molar-refractivity contribution in [2.75, 3.05) is 30.4 Å². The van der Waals surface area contributed by atoms with Gasteiger partial charge in [-0.2, -0.15) is 0 Å². The second-order valence-electron chi connectivity index (χ2n) is 5.36. The third kappa shape index (κ3) is 4.30. The van der Waals surface area contributed by atoms with Crippen LogP contribution < -0.4 is 10.2 Å². The van der Waals surface area contributed by atoms with E-state index in [1.165, 1.54) is 6.07 Å². The van der Waals surface area contributed by atoms with Crippen molar-refractivity contribution in [3.63, 3.8) is 0 Å². The van der Waals surface area contributed by atoms with Crippen molar-refractivity contribution in [1.82, 2.24) is 0 Å². The largest absolute Gasteiger partial charge is 0.395 e. The Labute approximate surface area is 148 Å². The number of carbonyl (C=O) groups excluding carboxylic acids is 1. The van der Waals surface area contributed by atoms with Gasteiger partial charge in [-0.3, -0.25) is 25.0 Å². The number of nitro groups is 2. The minimum Gasteiger partial charge on any atom is -0.395 e. The van der Waals surface area contributed by atoms with Crippen LogP contribution in [0.15, 0.2) is 42.5 Å². The number of likely N-dealkylation sites (N-methyl/N-ethyl adjacent to an activating group) is 1. The highest BCUT2D eigenvalue weighted by Crippen LogP contribution is 2.29. The average molecular weight is 360 g/mol. The van der Waals surface area contributed by atoms with Crippen molar-refractivity contribution in [2.45, 2.75) is 0 Å². The molecule has 0 fully saturated rings. The first-order valence-corrected chi connectivity index (χ1v) is 7.49. The lowest BCUT2D eigenvalue weighted by Gasteiger charge is -2.18. The summed E-state index contributed by atoms with van der Waals surface area (Å²) in [5, 5.41) is 33.2. The Morgan fingerprint density at radius 1 is 1.08 bits per heavy atom. The summed E-state index contributed by atoms with van der Waals surface area (Å²) in [6, 6.07) is 9.68. The first kappa shape index (κ1) is 18.8. The number of anilines is 2. The summed E-state index contributed by atoms with van der Waals surface area (Å²) < 4.78 is 0. The maximum Gasteiger partial charge on any atom is 0.348 e. The number of amides is 1. The smallest absolute Gasteiger partial charge is 0.348 e. The lowest BCUT2D eigenvalue weighted by Crippen LogP contribution is -2.21. The van der Waals surface area contributed by atoms with Crippen LogP contribution in [0, 0.1) is 20.2 Å². The second kappa shape index (κ2) is 8.03. The normalized spacial score (nSPS) is 10.2. The quantitative estimate of drug-likeness (QED) is 0.570. The fourth-order valence-corrected chi connectivity index (χ4v) is 2.25. The maximum atomic E-state index is 12.3. The molecule has 26 heavy (non-hydrogen) atoms. The summed E-state index contributed by atoms with van der Waals surface area (Å²) in [5.74, 6) is -0.510. The van der Waals surface area contributed by atoms with Gasteiger partial charge in [0.15, 0.2) is 0 Å². The predicted molar refractivity (Wildman–Crippen MR) is 94.5 cm³/mol. The number of benzene rings is 2. The molecule has 136 valence electrons. The van der Waals surface area contributed by atoms with Crippen molar-refractivity contribution in [1.29, 1.82) is 0 Å². The molecule has 2 aromatic carbocycles. The van der Waals surface area contributed by atoms with Crippen molar-refractivity contribution < 1.29 is 19.7 Å². The first-order chi connectivity index (χ1) is 12.3. The summed E-state index contributed by atoms with van der Waals surface area (Å²) in [6.45, 7) is 0.440. The van der Waals surface area contributed by atoms with Gasteiger partial charge < -0.3 is 15.3 Å². The van der Waals surface area contributed by atoms with Gasteiger partial charge in [0, 0.05) is 42.7 Å². The van der Waals surface area contributed by atoms with Crippen LogP contribution >= 0.6 is 0 Å². The van der Waals surface area contributed by atoms with Gasteiger partial charge in [0.1, 0.15) is 0 Å². The summed E-state index contributed by atoms with van der Waals surface area (Å²) >= 11 is 0. The third-order valence-corrected chi connectivity index (χ3v) is 3.63. The maximum absolute atomic E-state index is 12.3. The van der Waals surface area contributed by atoms with Crippen molar-refractivity contribution in [3.8, 4) is 0 Å². The van der Waals surface area contributed by atoms with E-state index in [4.69, 9.17) is 5.11 Å². The molecular formula is C16H16N4O6. The Balaban J connectivity index is 2.18. The molecule has 0 bridgehead atoms. The van der Waals surface area contributed by atoms with Crippen LogP contribution in [0.5, 0.6) is 0 Å². The Morgan fingerprint density at radius 2 is 1.69 bits per heavy atom. The van der Waals surface area contributed by atoms with Crippen molar-refractivity contribution in [2.24, 2.45) is 0 Å². The Morgan fingerprint density at radius 3 is 2.23 bits per heavy atom. The number of aliphatic hydroxyl groups excluding tert-OH is 1. The monoisotopic (exact) mass is 360 g/mol. The number of carbonyl (C=O) groups is 1. The summed E-state index contributed by atoms with van der Waals surface area (Å²) in [5.41, 5.74) is -0.152. The molecule has 0 radical (unpaired) electrons. The Hall–Kier alpha value is -3.53. The number of aliphatic hydroxyl groups is 1. The molecule has 0 saturated carbocycles. The average Bonchev–Trinajstić information content (AvgIpc) is 2.61. The number of hydrogen-bond donors (Lipinski definition) is 2. The van der Waals surface area contributed by atoms with E-state index < -0.39 is 27.1 Å². The molecule has 0 aliphatic heterocycles. The van der Waals surface area contributed by atoms with Gasteiger partial charge in [-0.15, -0.1) is 0 Å². The molecule has 0 saturated heterocycles. The highest BCUT2D eigenvalue weighted by Gasteiger charge is 2.24. The third-order valence-electron chi connectivity index (χ3n) is 3.63. The summed E-state index contributed by atoms with van der Waals surface area (Å²) in [7, 11) is 1.79. The van der Waals surface area contributed by atoms with Gasteiger partial charge in [0.2, 0.25) is 0 Å². The second-order valence-corrected chi connectivity index (χ2v) is 5.36. The van der Waals surface area contributed by atoms with E-state index in [1.54, 1.807) is 36.2 Å². The lowest BCUT2D eigenvalue weighted by atomic mass is 10.1. The molecule has 0 aliphatic rings. The number of nitrogens with zero attached hydrogens (tertiary/aromatic N) is 3. The Bertz CT molecular complexity index is 837. The molecule has 2 aromatic rings. The van der Waals surface area contributed by atoms with E-state index >= 15 is 0 Å². The molecule has 1 amide bonds. The van der Waals surface area contributed by atoms with Gasteiger partial charge in [0.25, 0.3) is 5.91 Å². The van der Waals surface area contributed by atoms with E-state index in [9.17, 15) is 25.0 Å². The number of nitro benzene ring substituents is 2. The van der Waals surface area contributed by atoms with Crippen LogP contribution in [-0.4, -0.2) is 41.1 Å². The van der Waals surface area contributed by atoms with Crippen LogP contribution in [0.3, 0.4) is 0 Å². The molecule has 0 aromatic heterocycles. The summed E-state index contributed by atoms with van der Waals surface area (Å²) in [6.07, 6.45) is 0. The zero-order valence-corrected chi connectivity index (χ0v) is 13.8. The molecule has 2 rings (SSSR count). The van der Waals surface area contributed by atoms with Gasteiger partial charge in [0.05, 0.1) is 16.5 Å². The van der Waals surface area contributed by atoms with Crippen LogP contribution in [0.25, 0.3) is 0 Å². The van der Waals surface area contributed by atoms with Crippen molar-refractivity contribution >= 4 is 28.7 Å². The molecule has 2 N–H and O–H groups in total. The summed E-state index contributed by atoms with van der Waals surface area (Å²) in [4.78, 5) is 34.1. The number of hydrogen-bond acceptors (Lipinski definition) is 7. The topological polar surface area (TPSA) is 139 Å². The van der Waals surface area contributed by atoms with Gasteiger partial charge in [-0.05, 0) is 30.3 Å². The van der Waals surface area contributed by atoms with E-state index in [2.05, 4.69) is 5.32 Å². The van der Waals surface area contributed by atoms with Crippen LogP contribution in [0.2, 0.25) is 0 Å². The highest BCUT2D eigenvalue weighted by atomic mass is 16.6. The minimum absolute atomic E-state index is 0.00232. The first-order valence-electron chi connectivity index (χ1n) is 7.49. The van der Waals surface area contributed by atoms with Gasteiger partial charge in [-0.1, -0.05) is 0 Å². The molecule has 0 spiro atoms. The number of rotatable bonds is 7. The molecule has 0 unspecified atom stereocenters. The fraction of sp³-hybridized carbons (Fsp3) is 0.188. The molecule has 10 heteroatoms. The van der Waals surface area contributed by atoms with Crippen molar-refractivity contribution in [3.05, 3.63) is 68.3 Å².